The topological polar surface area (TPSA) is 0 Å². The lowest BCUT2D eigenvalue weighted by atomic mass is 9.89. The average Bonchev–Trinajstić information content (AvgIpc) is 2.53. The molecule has 0 heterocycles. The number of benzene rings is 2. The molecule has 22 heavy (non-hydrogen) atoms. The zero-order chi connectivity index (χ0) is 15.5. The molecular formula is C20H15F2+. The van der Waals surface area contributed by atoms with Crippen LogP contribution in [0.4, 0.5) is 8.78 Å². The lowest BCUT2D eigenvalue weighted by molar-refractivity contribution is 0.627. The first-order valence-corrected chi connectivity index (χ1v) is 7.09. The van der Waals surface area contributed by atoms with Gasteiger partial charge in [0.15, 0.2) is 0 Å². The summed E-state index contributed by atoms with van der Waals surface area (Å²) in [6, 6.07) is 12.7. The zero-order valence-corrected chi connectivity index (χ0v) is 12.2. The van der Waals surface area contributed by atoms with Gasteiger partial charge in [-0.25, -0.2) is 8.78 Å². The second-order valence-electron chi connectivity index (χ2n) is 5.25. The molecule has 0 N–H and O–H groups in total. The molecule has 0 aromatic heterocycles. The van der Waals surface area contributed by atoms with Crippen LogP contribution in [0.15, 0.2) is 77.9 Å². The summed E-state index contributed by atoms with van der Waals surface area (Å²) in [6.07, 6.45) is 8.11. The van der Waals surface area contributed by atoms with Crippen LogP contribution in [0.25, 0.3) is 5.57 Å². The fourth-order valence-electron chi connectivity index (χ4n) is 2.45. The summed E-state index contributed by atoms with van der Waals surface area (Å²) in [6.45, 7) is 2.03. The van der Waals surface area contributed by atoms with Crippen molar-refractivity contribution in [3.05, 3.63) is 107 Å². The van der Waals surface area contributed by atoms with Gasteiger partial charge in [0, 0.05) is 41.3 Å². The van der Waals surface area contributed by atoms with Gasteiger partial charge >= 0.3 is 0 Å². The van der Waals surface area contributed by atoms with Crippen LogP contribution in [0.2, 0.25) is 0 Å². The van der Waals surface area contributed by atoms with Gasteiger partial charge in [-0.1, -0.05) is 0 Å². The van der Waals surface area contributed by atoms with Crippen LogP contribution in [0.1, 0.15) is 18.1 Å². The van der Waals surface area contributed by atoms with Crippen LogP contribution in [-0.4, -0.2) is 0 Å². The van der Waals surface area contributed by atoms with Crippen molar-refractivity contribution in [3.63, 3.8) is 0 Å². The first kappa shape index (κ1) is 14.3. The van der Waals surface area contributed by atoms with E-state index in [0.29, 0.717) is 0 Å². The molecule has 0 atom stereocenters. The Morgan fingerprint density at radius 2 is 1.27 bits per heavy atom. The molecule has 0 fully saturated rings. The third-order valence-corrected chi connectivity index (χ3v) is 3.61. The van der Waals surface area contributed by atoms with E-state index in [-0.39, 0.29) is 11.6 Å². The smallest absolute Gasteiger partial charge is 0.123 e. The number of halogens is 2. The summed E-state index contributed by atoms with van der Waals surface area (Å²) in [4.78, 5) is 0. The van der Waals surface area contributed by atoms with Crippen molar-refractivity contribution in [3.8, 4) is 0 Å². The molecule has 1 aliphatic carbocycles. The van der Waals surface area contributed by atoms with Gasteiger partial charge in [-0.3, -0.25) is 0 Å². The highest BCUT2D eigenvalue weighted by Gasteiger charge is 2.18. The van der Waals surface area contributed by atoms with Crippen LogP contribution in [0, 0.1) is 18.1 Å². The molecule has 0 saturated carbocycles. The minimum absolute atomic E-state index is 0.272. The molecule has 0 spiro atoms. The first-order chi connectivity index (χ1) is 10.6. The Morgan fingerprint density at radius 1 is 0.773 bits per heavy atom. The summed E-state index contributed by atoms with van der Waals surface area (Å²) in [5.74, 6) is -0.544. The van der Waals surface area contributed by atoms with Gasteiger partial charge in [-0.15, -0.1) is 0 Å². The van der Waals surface area contributed by atoms with E-state index in [9.17, 15) is 8.78 Å². The van der Waals surface area contributed by atoms with Crippen molar-refractivity contribution >= 4 is 5.57 Å². The van der Waals surface area contributed by atoms with Crippen molar-refractivity contribution in [1.29, 1.82) is 0 Å². The highest BCUT2D eigenvalue weighted by atomic mass is 19.1. The van der Waals surface area contributed by atoms with Crippen LogP contribution in [-0.2, 0) is 0 Å². The Labute approximate surface area is 129 Å². The van der Waals surface area contributed by atoms with E-state index in [1.165, 1.54) is 29.8 Å². The molecule has 0 aliphatic heterocycles. The largest absolute Gasteiger partial charge is 0.207 e. The first-order valence-electron chi connectivity index (χ1n) is 7.09. The normalized spacial score (nSPS) is 13.6. The van der Waals surface area contributed by atoms with Crippen molar-refractivity contribution in [1.82, 2.24) is 0 Å². The van der Waals surface area contributed by atoms with E-state index in [4.69, 9.17) is 0 Å². The van der Waals surface area contributed by atoms with E-state index < -0.39 is 0 Å². The maximum atomic E-state index is 13.2. The fourth-order valence-corrected chi connectivity index (χ4v) is 2.45. The maximum absolute atomic E-state index is 13.2. The monoisotopic (exact) mass is 293 g/mol. The molecular weight excluding hydrogens is 278 g/mol. The van der Waals surface area contributed by atoms with Crippen LogP contribution >= 0.6 is 0 Å². The predicted molar refractivity (Wildman–Crippen MR) is 86.0 cm³/mol. The highest BCUT2D eigenvalue weighted by molar-refractivity contribution is 5.85. The molecule has 3 rings (SSSR count). The Kier molecular flexibility index (Phi) is 3.92. The Morgan fingerprint density at radius 3 is 1.68 bits per heavy atom. The molecule has 108 valence electrons. The lowest BCUT2D eigenvalue weighted by Crippen LogP contribution is -1.96. The van der Waals surface area contributed by atoms with Gasteiger partial charge in [0.1, 0.15) is 17.2 Å². The minimum Gasteiger partial charge on any atom is -0.207 e. The summed E-state index contributed by atoms with van der Waals surface area (Å²) in [7, 11) is 0. The molecule has 2 heteroatoms. The third-order valence-electron chi connectivity index (χ3n) is 3.61. The van der Waals surface area contributed by atoms with E-state index in [0.717, 1.165) is 22.3 Å². The van der Waals surface area contributed by atoms with Gasteiger partial charge in [-0.05, 0) is 55.5 Å². The molecule has 1 aliphatic rings. The van der Waals surface area contributed by atoms with Gasteiger partial charge in [0.2, 0.25) is 0 Å². The van der Waals surface area contributed by atoms with Gasteiger partial charge in [-0.2, -0.15) is 0 Å². The van der Waals surface area contributed by atoms with Gasteiger partial charge in [0.05, 0.1) is 5.57 Å². The summed E-state index contributed by atoms with van der Waals surface area (Å²) >= 11 is 0. The summed E-state index contributed by atoms with van der Waals surface area (Å²) in [5, 5.41) is 0. The predicted octanol–water partition coefficient (Wildman–Crippen LogP) is 5.49. The number of hydrogen-bond donors (Lipinski definition) is 0. The maximum Gasteiger partial charge on any atom is 0.123 e. The molecule has 0 saturated heterocycles. The summed E-state index contributed by atoms with van der Waals surface area (Å²) in [5.41, 5.74) is 4.94. The van der Waals surface area contributed by atoms with E-state index >= 15 is 0 Å². The minimum atomic E-state index is -0.272. The van der Waals surface area contributed by atoms with E-state index in [1.54, 1.807) is 24.3 Å². The molecule has 0 amide bonds. The molecule has 0 radical (unpaired) electrons. The second kappa shape index (κ2) is 6.02. The quantitative estimate of drug-likeness (QED) is 0.642. The van der Waals surface area contributed by atoms with Crippen molar-refractivity contribution in [2.24, 2.45) is 0 Å². The van der Waals surface area contributed by atoms with Crippen molar-refractivity contribution in [2.75, 3.05) is 0 Å². The van der Waals surface area contributed by atoms with Crippen molar-refractivity contribution < 1.29 is 8.78 Å². The van der Waals surface area contributed by atoms with Crippen LogP contribution in [0.3, 0.4) is 0 Å². The zero-order valence-electron chi connectivity index (χ0n) is 12.2. The third kappa shape index (κ3) is 3.01. The van der Waals surface area contributed by atoms with Crippen LogP contribution in [0.5, 0.6) is 0 Å². The SMILES string of the molecule is CC1=C[CH+]C(=C(c2ccc(F)cc2)c2ccc(F)cc2)C=C1. The molecule has 0 bridgehead atoms. The van der Waals surface area contributed by atoms with E-state index in [2.05, 4.69) is 0 Å². The van der Waals surface area contributed by atoms with Crippen molar-refractivity contribution in [2.45, 2.75) is 6.92 Å². The number of allylic oxidation sites excluding steroid dienone is 5. The molecule has 2 aromatic carbocycles. The Bertz CT molecular complexity index is 713. The summed E-state index contributed by atoms with van der Waals surface area (Å²) < 4.78 is 26.4. The highest BCUT2D eigenvalue weighted by Crippen LogP contribution is 2.31. The van der Waals surface area contributed by atoms with E-state index in [1.807, 2.05) is 31.6 Å². The molecule has 2 aromatic rings. The van der Waals surface area contributed by atoms with Gasteiger partial charge in [0.25, 0.3) is 0 Å². The van der Waals surface area contributed by atoms with Gasteiger partial charge < -0.3 is 0 Å². The number of hydrogen-bond acceptors (Lipinski definition) is 0. The Balaban J connectivity index is 2.14. The fraction of sp³-hybridized carbons (Fsp3) is 0.0500. The molecule has 0 unspecified atom stereocenters. The molecule has 0 nitrogen and oxygen atoms in total. The Hall–Kier alpha value is -2.61. The lowest BCUT2D eigenvalue weighted by Gasteiger charge is -2.09. The average molecular weight is 293 g/mol. The number of rotatable bonds is 2. The van der Waals surface area contributed by atoms with Crippen LogP contribution < -0.4 is 0 Å². The standard InChI is InChI=1S/C20H15F2/c1-14-2-4-15(5-3-14)20(16-6-10-18(21)11-7-16)17-8-12-19(22)13-9-17/h2-13H,1H3/q+1. The second-order valence-corrected chi connectivity index (χ2v) is 5.25.